The normalized spacial score (nSPS) is 13.0. The van der Waals surface area contributed by atoms with Crippen LogP contribution in [0, 0.1) is 5.92 Å². The quantitative estimate of drug-likeness (QED) is 0.753. The molecule has 0 aliphatic rings. The Bertz CT molecular complexity index is 502. The Labute approximate surface area is 140 Å². The SMILES string of the molecule is COc1ccc(CCNC(=O)C(C)C(C)N)cc1OC(F)F.Cl. The molecule has 23 heavy (non-hydrogen) atoms. The zero-order chi connectivity index (χ0) is 16.7. The number of hydrogen-bond donors (Lipinski definition) is 2. The number of carbonyl (C=O) groups excluding carboxylic acids is 1. The lowest BCUT2D eigenvalue weighted by Gasteiger charge is -2.15. The van der Waals surface area contributed by atoms with Crippen molar-refractivity contribution >= 4 is 18.3 Å². The zero-order valence-electron chi connectivity index (χ0n) is 13.3. The Hall–Kier alpha value is -1.60. The number of ether oxygens (including phenoxy) is 2. The molecule has 2 atom stereocenters. The van der Waals surface area contributed by atoms with Crippen LogP contribution < -0.4 is 20.5 Å². The number of nitrogens with two attached hydrogens (primary N) is 1. The highest BCUT2D eigenvalue weighted by atomic mass is 35.5. The van der Waals surface area contributed by atoms with Crippen molar-refractivity contribution in [3.8, 4) is 11.5 Å². The molecule has 1 aromatic rings. The second-order valence-corrected chi connectivity index (χ2v) is 5.05. The summed E-state index contributed by atoms with van der Waals surface area (Å²) in [6.45, 7) is 0.982. The van der Waals surface area contributed by atoms with E-state index in [9.17, 15) is 13.6 Å². The first-order valence-electron chi connectivity index (χ1n) is 7.00. The highest BCUT2D eigenvalue weighted by Gasteiger charge is 2.16. The monoisotopic (exact) mass is 352 g/mol. The predicted molar refractivity (Wildman–Crippen MR) is 86.4 cm³/mol. The van der Waals surface area contributed by atoms with Gasteiger partial charge in [0.15, 0.2) is 11.5 Å². The molecule has 0 aliphatic carbocycles. The molecule has 5 nitrogen and oxygen atoms in total. The molecule has 3 N–H and O–H groups in total. The minimum Gasteiger partial charge on any atom is -0.493 e. The summed E-state index contributed by atoms with van der Waals surface area (Å²) in [5.74, 6) is -0.204. The van der Waals surface area contributed by atoms with E-state index in [0.717, 1.165) is 5.56 Å². The molecule has 1 aromatic carbocycles. The first kappa shape index (κ1) is 21.4. The van der Waals surface area contributed by atoms with Crippen LogP contribution in [-0.2, 0) is 11.2 Å². The number of rotatable bonds is 8. The van der Waals surface area contributed by atoms with E-state index in [2.05, 4.69) is 10.1 Å². The predicted octanol–water partition coefficient (Wildman–Crippen LogP) is 2.36. The van der Waals surface area contributed by atoms with Gasteiger partial charge in [-0.3, -0.25) is 4.79 Å². The summed E-state index contributed by atoms with van der Waals surface area (Å²) in [7, 11) is 1.38. The third-order valence-electron chi connectivity index (χ3n) is 3.36. The third-order valence-corrected chi connectivity index (χ3v) is 3.36. The lowest BCUT2D eigenvalue weighted by molar-refractivity contribution is -0.124. The molecule has 0 fully saturated rings. The molecule has 132 valence electrons. The summed E-state index contributed by atoms with van der Waals surface area (Å²) < 4.78 is 34.1. The lowest BCUT2D eigenvalue weighted by atomic mass is 10.0. The molecule has 0 radical (unpaired) electrons. The summed E-state index contributed by atoms with van der Waals surface area (Å²) in [5, 5.41) is 2.76. The molecule has 0 saturated heterocycles. The maximum absolute atomic E-state index is 12.3. The van der Waals surface area contributed by atoms with Crippen LogP contribution in [0.4, 0.5) is 8.78 Å². The number of methoxy groups -OCH3 is 1. The van der Waals surface area contributed by atoms with E-state index >= 15 is 0 Å². The maximum Gasteiger partial charge on any atom is 0.387 e. The van der Waals surface area contributed by atoms with Crippen molar-refractivity contribution in [2.24, 2.45) is 11.7 Å². The summed E-state index contributed by atoms with van der Waals surface area (Å²) in [6.07, 6.45) is 0.487. The molecule has 1 amide bonds. The first-order chi connectivity index (χ1) is 10.3. The minimum atomic E-state index is -2.92. The molecule has 0 aliphatic heterocycles. The van der Waals surface area contributed by atoms with Gasteiger partial charge in [-0.15, -0.1) is 12.4 Å². The van der Waals surface area contributed by atoms with Crippen LogP contribution in [0.5, 0.6) is 11.5 Å². The van der Waals surface area contributed by atoms with Crippen LogP contribution >= 0.6 is 12.4 Å². The van der Waals surface area contributed by atoms with Crippen LogP contribution in [0.3, 0.4) is 0 Å². The smallest absolute Gasteiger partial charge is 0.387 e. The molecule has 0 saturated carbocycles. The first-order valence-corrected chi connectivity index (χ1v) is 7.00. The fraction of sp³-hybridized carbons (Fsp3) is 0.533. The summed E-state index contributed by atoms with van der Waals surface area (Å²) in [6, 6.07) is 4.54. The van der Waals surface area contributed by atoms with Gasteiger partial charge in [-0.2, -0.15) is 8.78 Å². The van der Waals surface area contributed by atoms with Crippen molar-refractivity contribution < 1.29 is 23.0 Å². The Kier molecular flexibility index (Phi) is 9.52. The van der Waals surface area contributed by atoms with Crippen LogP contribution in [0.15, 0.2) is 18.2 Å². The molecule has 2 unspecified atom stereocenters. The van der Waals surface area contributed by atoms with Gasteiger partial charge in [0.05, 0.1) is 7.11 Å². The van der Waals surface area contributed by atoms with E-state index in [1.165, 1.54) is 13.2 Å². The molecule has 8 heteroatoms. The average Bonchev–Trinajstić information content (AvgIpc) is 2.45. The Balaban J connectivity index is 0.00000484. The number of halogens is 3. The van der Waals surface area contributed by atoms with Gasteiger partial charge in [-0.1, -0.05) is 13.0 Å². The lowest BCUT2D eigenvalue weighted by Crippen LogP contribution is -2.39. The second kappa shape index (κ2) is 10.2. The van der Waals surface area contributed by atoms with Gasteiger partial charge in [0.25, 0.3) is 0 Å². The zero-order valence-corrected chi connectivity index (χ0v) is 14.2. The number of alkyl halides is 2. The van der Waals surface area contributed by atoms with Crippen LogP contribution in [-0.4, -0.2) is 32.2 Å². The van der Waals surface area contributed by atoms with Gasteiger partial charge in [0.2, 0.25) is 5.91 Å². The summed E-state index contributed by atoms with van der Waals surface area (Å²) in [5.41, 5.74) is 6.41. The maximum atomic E-state index is 12.3. The van der Waals surface area contributed by atoms with E-state index < -0.39 is 6.61 Å². The van der Waals surface area contributed by atoms with Gasteiger partial charge >= 0.3 is 6.61 Å². The number of amides is 1. The van der Waals surface area contributed by atoms with Crippen molar-refractivity contribution in [1.82, 2.24) is 5.32 Å². The van der Waals surface area contributed by atoms with E-state index in [-0.39, 0.29) is 41.8 Å². The van der Waals surface area contributed by atoms with Crippen molar-refractivity contribution in [3.63, 3.8) is 0 Å². The Morgan fingerprint density at radius 2 is 1.96 bits per heavy atom. The standard InChI is InChI=1S/C15H22F2N2O3.ClH/c1-9(10(2)18)14(20)19-7-6-11-4-5-12(21-3)13(8-11)22-15(16)17;/h4-5,8-10,15H,6-7,18H2,1-3H3,(H,19,20);1H. The summed E-state index contributed by atoms with van der Waals surface area (Å²) >= 11 is 0. The molecule has 0 bridgehead atoms. The highest BCUT2D eigenvalue weighted by molar-refractivity contribution is 5.85. The molecule has 0 spiro atoms. The second-order valence-electron chi connectivity index (χ2n) is 5.05. The number of nitrogens with one attached hydrogen (secondary N) is 1. The minimum absolute atomic E-state index is 0. The van der Waals surface area contributed by atoms with E-state index in [1.54, 1.807) is 26.0 Å². The molecule has 0 aromatic heterocycles. The average molecular weight is 353 g/mol. The number of hydrogen-bond acceptors (Lipinski definition) is 4. The van der Waals surface area contributed by atoms with Crippen molar-refractivity contribution in [3.05, 3.63) is 23.8 Å². The van der Waals surface area contributed by atoms with E-state index in [4.69, 9.17) is 10.5 Å². The van der Waals surface area contributed by atoms with Gasteiger partial charge in [0.1, 0.15) is 0 Å². The topological polar surface area (TPSA) is 73.6 Å². The van der Waals surface area contributed by atoms with Gasteiger partial charge in [-0.05, 0) is 31.0 Å². The number of carbonyl (C=O) groups is 1. The molecular weight excluding hydrogens is 330 g/mol. The van der Waals surface area contributed by atoms with E-state index in [1.807, 2.05) is 0 Å². The fourth-order valence-corrected chi connectivity index (χ4v) is 1.79. The highest BCUT2D eigenvalue weighted by Crippen LogP contribution is 2.29. The number of benzene rings is 1. The van der Waals surface area contributed by atoms with Crippen molar-refractivity contribution in [2.45, 2.75) is 32.9 Å². The largest absolute Gasteiger partial charge is 0.493 e. The van der Waals surface area contributed by atoms with Crippen LogP contribution in [0.2, 0.25) is 0 Å². The van der Waals surface area contributed by atoms with Gasteiger partial charge in [-0.25, -0.2) is 0 Å². The Morgan fingerprint density at radius 1 is 1.30 bits per heavy atom. The van der Waals surface area contributed by atoms with Gasteiger partial charge < -0.3 is 20.5 Å². The van der Waals surface area contributed by atoms with Crippen molar-refractivity contribution in [1.29, 1.82) is 0 Å². The Morgan fingerprint density at radius 3 is 2.48 bits per heavy atom. The summed E-state index contributed by atoms with van der Waals surface area (Å²) in [4.78, 5) is 11.8. The third kappa shape index (κ3) is 7.00. The fourth-order valence-electron chi connectivity index (χ4n) is 1.79. The molecule has 1 rings (SSSR count). The van der Waals surface area contributed by atoms with Gasteiger partial charge in [0, 0.05) is 18.5 Å². The molecule has 0 heterocycles. The molecular formula is C15H23ClF2N2O3. The van der Waals surface area contributed by atoms with E-state index in [0.29, 0.717) is 13.0 Å². The van der Waals surface area contributed by atoms with Crippen LogP contribution in [0.25, 0.3) is 0 Å². The van der Waals surface area contributed by atoms with Crippen LogP contribution in [0.1, 0.15) is 19.4 Å². The van der Waals surface area contributed by atoms with Crippen molar-refractivity contribution in [2.75, 3.05) is 13.7 Å².